The van der Waals surface area contributed by atoms with Crippen LogP contribution in [-0.2, 0) is 14.3 Å². The summed E-state index contributed by atoms with van der Waals surface area (Å²) in [5.74, 6) is 1.34. The summed E-state index contributed by atoms with van der Waals surface area (Å²) in [6, 6.07) is 17.6. The molecule has 1 saturated heterocycles. The molecule has 14 nitrogen and oxygen atoms in total. The molecule has 14 heteroatoms. The number of nitrogens with one attached hydrogen (secondary N) is 4. The zero-order chi connectivity index (χ0) is 42.2. The van der Waals surface area contributed by atoms with E-state index in [1.54, 1.807) is 0 Å². The number of aromatic nitrogens is 5. The number of carbonyl (C=O) groups excluding carboxylic acids is 3. The van der Waals surface area contributed by atoms with Crippen molar-refractivity contribution < 1.29 is 23.9 Å². The maximum Gasteiger partial charge on any atom is 0.407 e. The van der Waals surface area contributed by atoms with Crippen molar-refractivity contribution in [3.8, 4) is 11.3 Å². The van der Waals surface area contributed by atoms with Gasteiger partial charge in [-0.15, -0.1) is 0 Å². The minimum atomic E-state index is -0.749. The van der Waals surface area contributed by atoms with Crippen molar-refractivity contribution in [2.75, 3.05) is 27.3 Å². The topological polar surface area (TPSA) is 193 Å². The first-order valence-electron chi connectivity index (χ1n) is 20.5. The third-order valence-corrected chi connectivity index (χ3v) is 11.7. The number of nitrogens with zero attached hydrogens (tertiary/aromatic N) is 4. The van der Waals surface area contributed by atoms with Crippen molar-refractivity contribution in [1.29, 1.82) is 0 Å². The number of hydrogen-bond donors (Lipinski definition) is 5. The van der Waals surface area contributed by atoms with Gasteiger partial charge in [-0.2, -0.15) is 0 Å². The van der Waals surface area contributed by atoms with Gasteiger partial charge in [0.25, 0.3) is 0 Å². The number of H-pyrrole nitrogens is 2. The number of carbonyl (C=O) groups is 3. The van der Waals surface area contributed by atoms with Crippen molar-refractivity contribution in [1.82, 2.24) is 40.5 Å². The van der Waals surface area contributed by atoms with E-state index in [0.29, 0.717) is 19.5 Å². The molecule has 4 atom stereocenters. The Morgan fingerprint density at radius 3 is 2.29 bits per heavy atom. The van der Waals surface area contributed by atoms with Gasteiger partial charge in [-0.05, 0) is 96.8 Å². The molecule has 6 aromatic rings. The molecule has 312 valence electrons. The van der Waals surface area contributed by atoms with Gasteiger partial charge in [-0.25, -0.2) is 24.5 Å². The Morgan fingerprint density at radius 2 is 1.58 bits per heavy atom. The normalized spacial score (nSPS) is 16.4. The molecule has 4 heterocycles. The monoisotopic (exact) mass is 803 g/mol. The molecule has 6 N–H and O–H groups in total. The number of methoxy groups -OCH3 is 2. The lowest BCUT2D eigenvalue weighted by atomic mass is 9.80. The van der Waals surface area contributed by atoms with Crippen molar-refractivity contribution in [3.05, 3.63) is 66.2 Å². The van der Waals surface area contributed by atoms with Crippen molar-refractivity contribution >= 4 is 61.8 Å². The Kier molecular flexibility index (Phi) is 11.6. The molecule has 3 aromatic heterocycles. The van der Waals surface area contributed by atoms with E-state index in [0.717, 1.165) is 92.3 Å². The van der Waals surface area contributed by atoms with Crippen molar-refractivity contribution in [3.63, 3.8) is 0 Å². The third kappa shape index (κ3) is 8.54. The van der Waals surface area contributed by atoms with Gasteiger partial charge in [0.1, 0.15) is 23.2 Å². The van der Waals surface area contributed by atoms with Gasteiger partial charge in [-0.1, -0.05) is 59.7 Å². The molecule has 3 aromatic carbocycles. The molecule has 7 rings (SSSR count). The summed E-state index contributed by atoms with van der Waals surface area (Å²) in [7, 11) is 2.68. The van der Waals surface area contributed by atoms with E-state index in [1.165, 1.54) is 14.2 Å². The molecule has 0 bridgehead atoms. The predicted octanol–water partition coefficient (Wildman–Crippen LogP) is 8.23. The van der Waals surface area contributed by atoms with Crippen LogP contribution in [0.4, 0.5) is 9.59 Å². The number of amides is 3. The molecule has 1 aliphatic rings. The molecule has 0 radical (unpaired) electrons. The number of alkyl carbamates (subject to hydrolysis) is 2. The van der Waals surface area contributed by atoms with E-state index in [1.807, 2.05) is 43.9 Å². The number of aromatic amines is 2. The molecule has 3 amide bonds. The fraction of sp³-hybridized carbons (Fsp3) is 0.467. The van der Waals surface area contributed by atoms with Crippen LogP contribution in [0.2, 0.25) is 0 Å². The Morgan fingerprint density at radius 1 is 0.847 bits per heavy atom. The van der Waals surface area contributed by atoms with E-state index in [2.05, 4.69) is 77.8 Å². The average molecular weight is 804 g/mol. The van der Waals surface area contributed by atoms with Gasteiger partial charge in [0.15, 0.2) is 0 Å². The fourth-order valence-electron chi connectivity index (χ4n) is 8.33. The summed E-state index contributed by atoms with van der Waals surface area (Å²) >= 11 is 0. The molecule has 1 aliphatic heterocycles. The number of pyridine rings is 1. The minimum Gasteiger partial charge on any atom is -0.453 e. The van der Waals surface area contributed by atoms with Crippen molar-refractivity contribution in [2.24, 2.45) is 16.6 Å². The summed E-state index contributed by atoms with van der Waals surface area (Å²) in [4.78, 5) is 62.6. The predicted molar refractivity (Wildman–Crippen MR) is 231 cm³/mol. The second kappa shape index (κ2) is 16.5. The van der Waals surface area contributed by atoms with Crippen LogP contribution in [0.1, 0.15) is 97.3 Å². The molecule has 1 unspecified atom stereocenters. The second-order valence-electron chi connectivity index (χ2n) is 17.9. The molecule has 0 spiro atoms. The Balaban J connectivity index is 1.16. The van der Waals surface area contributed by atoms with Crippen LogP contribution in [-0.4, -0.2) is 87.3 Å². The number of rotatable bonds is 11. The quantitative estimate of drug-likeness (QED) is 0.0858. The molecular weight excluding hydrogens is 747 g/mol. The smallest absolute Gasteiger partial charge is 0.407 e. The third-order valence-electron chi connectivity index (χ3n) is 11.7. The minimum absolute atomic E-state index is 0.00366. The number of ether oxygens (including phenoxy) is 2. The van der Waals surface area contributed by atoms with Crippen LogP contribution in [0.15, 0.2) is 54.6 Å². The standard InChI is InChI=1S/C45H57N9O5/c1-44(2,3)35(50-42(56)58-7)24-27(11-9-21-46)39-48-33-20-19-31-29(37(33)51-39)16-18-30(47-31)26-13-15-28-25(23-26)14-17-32-36(28)52-40(49-32)34-12-10-22-54(34)41(55)38(45(4,5)6)53-43(57)59-8/h13-20,23,27,34-35,38,47H,9-12,21-22,24,46H2,1-8H3,(H,49,52)(H,50,56)(H,53,57)/t27?,34-,35+,38+/m0/s1. The lowest BCUT2D eigenvalue weighted by molar-refractivity contribution is -0.137. The van der Waals surface area contributed by atoms with Gasteiger partial charge in [0.05, 0.1) is 36.8 Å². The molecule has 1 fully saturated rings. The average Bonchev–Trinajstić information content (AvgIpc) is 3.98. The number of likely N-dealkylation sites (tertiary alicyclic amines) is 1. The first-order chi connectivity index (χ1) is 28.1. The number of fused-ring (bicyclic) bond motifs is 6. The van der Waals surface area contributed by atoms with E-state index >= 15 is 0 Å². The Bertz CT molecular complexity index is 2510. The first kappa shape index (κ1) is 41.4. The zero-order valence-corrected chi connectivity index (χ0v) is 35.4. The number of imidazole rings is 2. The second-order valence-corrected chi connectivity index (χ2v) is 17.9. The van der Waals surface area contributed by atoms with Crippen LogP contribution < -0.4 is 16.4 Å². The maximum absolute atomic E-state index is 13.9. The van der Waals surface area contributed by atoms with E-state index in [-0.39, 0.29) is 29.3 Å². The summed E-state index contributed by atoms with van der Waals surface area (Å²) in [6.45, 7) is 13.2. The maximum atomic E-state index is 13.9. The van der Waals surface area contributed by atoms with E-state index in [4.69, 9.17) is 30.2 Å². The number of hydrogen-bond acceptors (Lipinski definition) is 9. The Hall–Kier alpha value is -5.76. The number of nitrogens with two attached hydrogens (primary N) is 1. The van der Waals surface area contributed by atoms with Gasteiger partial charge in [0.2, 0.25) is 5.91 Å². The van der Waals surface area contributed by atoms with Crippen molar-refractivity contribution in [2.45, 2.75) is 97.7 Å². The Labute approximate surface area is 344 Å². The number of benzene rings is 3. The van der Waals surface area contributed by atoms with Gasteiger partial charge in [0, 0.05) is 40.5 Å². The molecular formula is C45H57N9O5. The fourth-order valence-corrected chi connectivity index (χ4v) is 8.33. The highest BCUT2D eigenvalue weighted by atomic mass is 16.5. The molecule has 0 aliphatic carbocycles. The summed E-state index contributed by atoms with van der Waals surface area (Å²) in [5.41, 5.74) is 11.5. The van der Waals surface area contributed by atoms with Crippen LogP contribution in [0.3, 0.4) is 0 Å². The summed E-state index contributed by atoms with van der Waals surface area (Å²) in [6.07, 6.45) is 2.80. The van der Waals surface area contributed by atoms with Crippen LogP contribution in [0, 0.1) is 10.8 Å². The largest absolute Gasteiger partial charge is 0.453 e. The lowest BCUT2D eigenvalue weighted by Crippen LogP contribution is -2.54. The SMILES string of the molecule is COC(=O)N[C@H](C(=O)N1CCC[C@H]1c1nc2c(ccc3cc(-c4ccc5c(ccc6nc(C(CCCN)C[C@@H](NC(=O)OC)C(C)(C)C)nc65)[nH]4)ccc32)[nH]1)C(C)(C)C. The van der Waals surface area contributed by atoms with Gasteiger partial charge in [-0.3, -0.25) is 4.79 Å². The van der Waals surface area contributed by atoms with Crippen LogP contribution in [0.25, 0.3) is 55.0 Å². The lowest BCUT2D eigenvalue weighted by Gasteiger charge is -2.34. The zero-order valence-electron chi connectivity index (χ0n) is 35.4. The molecule has 59 heavy (non-hydrogen) atoms. The summed E-state index contributed by atoms with van der Waals surface area (Å²) in [5, 5.41) is 8.81. The van der Waals surface area contributed by atoms with Crippen LogP contribution >= 0.6 is 0 Å². The molecule has 0 saturated carbocycles. The van der Waals surface area contributed by atoms with E-state index < -0.39 is 23.6 Å². The van der Waals surface area contributed by atoms with Crippen LogP contribution in [0.5, 0.6) is 0 Å². The highest BCUT2D eigenvalue weighted by Gasteiger charge is 2.41. The first-order valence-corrected chi connectivity index (χ1v) is 20.5. The highest BCUT2D eigenvalue weighted by Crippen LogP contribution is 2.37. The van der Waals surface area contributed by atoms with E-state index in [9.17, 15) is 14.4 Å². The highest BCUT2D eigenvalue weighted by molar-refractivity contribution is 6.06. The van der Waals surface area contributed by atoms with Gasteiger partial charge < -0.3 is 40.7 Å². The van der Waals surface area contributed by atoms with Gasteiger partial charge >= 0.3 is 12.2 Å². The summed E-state index contributed by atoms with van der Waals surface area (Å²) < 4.78 is 9.78.